The number of nitrogens with zero attached hydrogens (tertiary/aromatic N) is 5. The van der Waals surface area contributed by atoms with Crippen LogP contribution in [0.5, 0.6) is 0 Å². The van der Waals surface area contributed by atoms with Gasteiger partial charge in [-0.25, -0.2) is 8.78 Å². The highest BCUT2D eigenvalue weighted by Crippen LogP contribution is 2.38. The Kier molecular flexibility index (Phi) is 4.66. The van der Waals surface area contributed by atoms with Crippen LogP contribution in [0.1, 0.15) is 48.8 Å². The molecule has 9 heteroatoms. The monoisotopic (exact) mass is 385 g/mol. The van der Waals surface area contributed by atoms with Crippen molar-refractivity contribution in [1.82, 2.24) is 24.7 Å². The molecule has 4 rings (SSSR count). The van der Waals surface area contributed by atoms with Crippen LogP contribution in [-0.2, 0) is 7.05 Å². The molecule has 1 fully saturated rings. The summed E-state index contributed by atoms with van der Waals surface area (Å²) in [5.74, 6) is 1.14. The summed E-state index contributed by atoms with van der Waals surface area (Å²) in [4.78, 5) is 13.4. The van der Waals surface area contributed by atoms with Gasteiger partial charge in [-0.3, -0.25) is 4.68 Å². The minimum atomic E-state index is -0.612. The van der Waals surface area contributed by atoms with Crippen LogP contribution in [0.2, 0.25) is 0 Å². The molecule has 28 heavy (non-hydrogen) atoms. The van der Waals surface area contributed by atoms with Crippen molar-refractivity contribution >= 4 is 17.7 Å². The average molecular weight is 385 g/mol. The smallest absolute Gasteiger partial charge is 0.233 e. The third kappa shape index (κ3) is 3.92. The SMILES string of the molecule is Cc1cc(Nc2nc(NC(C)c3ccc(F)cc3F)nc(C3CC3)n2)nn1C. The topological polar surface area (TPSA) is 80.6 Å². The Morgan fingerprint density at radius 3 is 2.50 bits per heavy atom. The molecule has 1 aliphatic carbocycles. The summed E-state index contributed by atoms with van der Waals surface area (Å²) >= 11 is 0. The number of hydrogen-bond acceptors (Lipinski definition) is 6. The number of rotatable bonds is 6. The van der Waals surface area contributed by atoms with E-state index >= 15 is 0 Å². The summed E-state index contributed by atoms with van der Waals surface area (Å²) in [6.07, 6.45) is 2.07. The number of nitrogens with one attached hydrogen (secondary N) is 2. The molecule has 0 spiro atoms. The van der Waals surface area contributed by atoms with Crippen LogP contribution >= 0.6 is 0 Å². The van der Waals surface area contributed by atoms with Gasteiger partial charge in [-0.15, -0.1) is 0 Å². The standard InChI is InChI=1S/C19H21F2N7/c1-10-8-16(27-28(10)3)23-19-25-17(12-4-5-12)24-18(26-19)22-11(2)14-7-6-13(20)9-15(14)21/h6-9,11-12H,4-5H2,1-3H3,(H2,22,23,24,25,26,27). The molecule has 0 aliphatic heterocycles. The molecule has 146 valence electrons. The molecule has 1 unspecified atom stereocenters. The van der Waals surface area contributed by atoms with Crippen molar-refractivity contribution in [2.75, 3.05) is 10.6 Å². The zero-order valence-corrected chi connectivity index (χ0v) is 15.9. The lowest BCUT2D eigenvalue weighted by Crippen LogP contribution is -2.14. The molecule has 1 saturated carbocycles. The van der Waals surface area contributed by atoms with Gasteiger partial charge in [0.25, 0.3) is 0 Å². The van der Waals surface area contributed by atoms with E-state index in [-0.39, 0.29) is 0 Å². The first-order valence-electron chi connectivity index (χ1n) is 9.14. The summed E-state index contributed by atoms with van der Waals surface area (Å²) in [6.45, 7) is 3.72. The van der Waals surface area contributed by atoms with Crippen LogP contribution in [0, 0.1) is 18.6 Å². The Morgan fingerprint density at radius 1 is 1.11 bits per heavy atom. The van der Waals surface area contributed by atoms with Crippen molar-refractivity contribution in [3.63, 3.8) is 0 Å². The van der Waals surface area contributed by atoms with E-state index in [4.69, 9.17) is 0 Å². The number of halogens is 2. The number of benzene rings is 1. The van der Waals surface area contributed by atoms with Crippen LogP contribution < -0.4 is 10.6 Å². The highest BCUT2D eigenvalue weighted by Gasteiger charge is 2.28. The second-order valence-corrected chi connectivity index (χ2v) is 7.07. The van der Waals surface area contributed by atoms with Crippen LogP contribution in [0.15, 0.2) is 24.3 Å². The summed E-state index contributed by atoms with van der Waals surface area (Å²) < 4.78 is 29.0. The summed E-state index contributed by atoms with van der Waals surface area (Å²) in [7, 11) is 1.86. The highest BCUT2D eigenvalue weighted by molar-refractivity contribution is 5.50. The third-order valence-electron chi connectivity index (χ3n) is 4.72. The molecule has 3 aromatic rings. The molecule has 2 aromatic heterocycles. The van der Waals surface area contributed by atoms with Gasteiger partial charge in [0.1, 0.15) is 17.5 Å². The van der Waals surface area contributed by atoms with Crippen molar-refractivity contribution in [3.05, 3.63) is 53.0 Å². The molecule has 1 atom stereocenters. The van der Waals surface area contributed by atoms with Gasteiger partial charge in [0.05, 0.1) is 6.04 Å². The van der Waals surface area contributed by atoms with E-state index < -0.39 is 17.7 Å². The van der Waals surface area contributed by atoms with Crippen LogP contribution in [0.25, 0.3) is 0 Å². The summed E-state index contributed by atoms with van der Waals surface area (Å²) in [6, 6.07) is 4.97. The lowest BCUT2D eigenvalue weighted by molar-refractivity contribution is 0.566. The first kappa shape index (κ1) is 18.3. The average Bonchev–Trinajstić information content (AvgIpc) is 3.41. The van der Waals surface area contributed by atoms with Gasteiger partial charge < -0.3 is 10.6 Å². The first-order valence-corrected chi connectivity index (χ1v) is 9.14. The van der Waals surface area contributed by atoms with Crippen molar-refractivity contribution in [1.29, 1.82) is 0 Å². The fourth-order valence-electron chi connectivity index (χ4n) is 2.90. The molecule has 0 saturated heterocycles. The van der Waals surface area contributed by atoms with Gasteiger partial charge in [-0.05, 0) is 32.8 Å². The molecule has 7 nitrogen and oxygen atoms in total. The van der Waals surface area contributed by atoms with E-state index in [1.165, 1.54) is 12.1 Å². The van der Waals surface area contributed by atoms with E-state index in [9.17, 15) is 8.78 Å². The Balaban J connectivity index is 1.59. The molecule has 1 aromatic carbocycles. The molecule has 0 bridgehead atoms. The van der Waals surface area contributed by atoms with Gasteiger partial charge in [0.2, 0.25) is 11.9 Å². The zero-order valence-electron chi connectivity index (χ0n) is 15.9. The summed E-state index contributed by atoms with van der Waals surface area (Å²) in [5.41, 5.74) is 1.34. The lowest BCUT2D eigenvalue weighted by atomic mass is 10.1. The molecular formula is C19H21F2N7. The first-order chi connectivity index (χ1) is 13.4. The van der Waals surface area contributed by atoms with Crippen LogP contribution in [-0.4, -0.2) is 24.7 Å². The van der Waals surface area contributed by atoms with E-state index in [2.05, 4.69) is 30.7 Å². The minimum Gasteiger partial charge on any atom is -0.347 e. The fourth-order valence-corrected chi connectivity index (χ4v) is 2.90. The third-order valence-corrected chi connectivity index (χ3v) is 4.72. The molecule has 0 amide bonds. The van der Waals surface area contributed by atoms with Gasteiger partial charge in [-0.2, -0.15) is 20.1 Å². The predicted octanol–water partition coefficient (Wildman–Crippen LogP) is 3.99. The molecular weight excluding hydrogens is 364 g/mol. The van der Waals surface area contributed by atoms with Crippen molar-refractivity contribution in [2.45, 2.75) is 38.6 Å². The van der Waals surface area contributed by atoms with Crippen molar-refractivity contribution < 1.29 is 8.78 Å². The maximum Gasteiger partial charge on any atom is 0.233 e. The fraction of sp³-hybridized carbons (Fsp3) is 0.368. The van der Waals surface area contributed by atoms with E-state index in [0.29, 0.717) is 35.0 Å². The molecule has 2 N–H and O–H groups in total. The van der Waals surface area contributed by atoms with Crippen LogP contribution in [0.3, 0.4) is 0 Å². The van der Waals surface area contributed by atoms with Gasteiger partial charge in [0.15, 0.2) is 5.82 Å². The van der Waals surface area contributed by atoms with E-state index in [1.54, 1.807) is 11.6 Å². The van der Waals surface area contributed by atoms with Gasteiger partial charge in [-0.1, -0.05) is 6.07 Å². The van der Waals surface area contributed by atoms with Crippen molar-refractivity contribution in [3.8, 4) is 0 Å². The Bertz CT molecular complexity index is 994. The Labute approximate surface area is 161 Å². The number of anilines is 3. The molecule has 0 radical (unpaired) electrons. The maximum atomic E-state index is 14.1. The number of aromatic nitrogens is 5. The molecule has 1 aliphatic rings. The largest absolute Gasteiger partial charge is 0.347 e. The van der Waals surface area contributed by atoms with Gasteiger partial charge in [0, 0.05) is 36.4 Å². The second kappa shape index (κ2) is 7.14. The lowest BCUT2D eigenvalue weighted by Gasteiger charge is -2.16. The zero-order chi connectivity index (χ0) is 19.8. The highest BCUT2D eigenvalue weighted by atomic mass is 19.1. The quantitative estimate of drug-likeness (QED) is 0.668. The Morgan fingerprint density at radius 2 is 1.86 bits per heavy atom. The maximum absolute atomic E-state index is 14.1. The minimum absolute atomic E-state index is 0.312. The normalized spacial score (nSPS) is 14.8. The Hall–Kier alpha value is -3.10. The van der Waals surface area contributed by atoms with E-state index in [0.717, 1.165) is 24.6 Å². The van der Waals surface area contributed by atoms with Crippen LogP contribution in [0.4, 0.5) is 26.5 Å². The summed E-state index contributed by atoms with van der Waals surface area (Å²) in [5, 5.41) is 10.6. The second-order valence-electron chi connectivity index (χ2n) is 7.07. The predicted molar refractivity (Wildman–Crippen MR) is 101 cm³/mol. The van der Waals surface area contributed by atoms with Crippen molar-refractivity contribution in [2.24, 2.45) is 7.05 Å². The van der Waals surface area contributed by atoms with Gasteiger partial charge >= 0.3 is 0 Å². The number of aryl methyl sites for hydroxylation is 2. The number of hydrogen-bond donors (Lipinski definition) is 2. The molecule has 2 heterocycles. The van der Waals surface area contributed by atoms with E-state index in [1.807, 2.05) is 20.0 Å².